The standard InChI is InChI=1S/C26H38F2N2O3S.C26H37N3O2.C26H40N2O.C25H36F2N2O2/c1-16(14-30-15-18(13-29-30)34(3,32)33)22-6-7-23-21-5-4-17-12-26(31,24(27)28)11-9-19(17)20(21)8-10-25(22,23)2;1-3-26(31)11-9-19-18(12-26)4-5-21-20(19)8-10-25(2)22(21)6-7-23(25)24(30)16-29-15-17(13-27)14-28-29;1-4-26(29)13-11-20-19(16-26)6-7-22-21(20)10-12-25(3)23(8-9-24(22)25)18(2)17-28-15-5-14-27-28;1-15-12-28-29(13-15)14-22(30)21-6-5-20-19-4-3-16-11-25(31,23(26)27)10-8-17(16)18(19)7-9-24(20,21)2/h13,15,17,19-24,31H,1,4-12,14H2,2-3H3;14-15,18-23,31H,3-12,16H2,1-2H3;5,14-15,19-24,29H,2,4,6-13,16-17H2,1,3H3;12-13,16-21,23,31H,3-11,14H2,1-2H3/t17-,19+,20-,21-,22-,23+,25-,26-;18-,19+,20-,21-,22+,23-,25+,26-;19-,20-,21+,22+,23+,24-,25+,26+;16-,17+,18-,19-,20+,21-,24+,25-/m1101/s1. The van der Waals surface area contributed by atoms with E-state index in [2.05, 4.69) is 87.4 Å². The summed E-state index contributed by atoms with van der Waals surface area (Å²) in [6.07, 6.45) is 49.0. The molecule has 0 radical (unpaired) electrons. The lowest BCUT2D eigenvalue weighted by Gasteiger charge is -2.57. The van der Waals surface area contributed by atoms with Crippen LogP contribution in [0.2, 0.25) is 0 Å². The number of allylic oxidation sites excluding steroid dienone is 2. The third-order valence-corrected chi connectivity index (χ3v) is 41.7. The van der Waals surface area contributed by atoms with Crippen LogP contribution in [0.25, 0.3) is 0 Å². The van der Waals surface area contributed by atoms with Crippen molar-refractivity contribution in [2.45, 2.75) is 359 Å². The summed E-state index contributed by atoms with van der Waals surface area (Å²) in [5.74, 6) is 15.1. The fraction of sp³-hybridized carbons (Fsp3) is 0.816. The average molecular weight is 1750 g/mol. The fourth-order valence-electron chi connectivity index (χ4n) is 34.4. The number of carbonyl (C=O) groups excluding carboxylic acids is 2. The molecule has 16 saturated carbocycles. The van der Waals surface area contributed by atoms with E-state index in [1.54, 1.807) is 38.8 Å². The normalized spacial score (nSPS) is 44.3. The lowest BCUT2D eigenvalue weighted by atomic mass is 9.48. The van der Waals surface area contributed by atoms with E-state index < -0.39 is 39.5 Å². The lowest BCUT2D eigenvalue weighted by molar-refractivity contribution is -0.160. The number of Topliss-reactive ketones (excluding diaryl/α,β-unsaturated/α-hetero) is 2. The summed E-state index contributed by atoms with van der Waals surface area (Å²) >= 11 is 0. The molecule has 16 fully saturated rings. The molecule has 0 saturated heterocycles. The maximum absolute atomic E-state index is 13.5. The van der Waals surface area contributed by atoms with Crippen LogP contribution in [0.4, 0.5) is 17.6 Å². The predicted molar refractivity (Wildman–Crippen MR) is 475 cm³/mol. The molecule has 0 aliphatic heterocycles. The van der Waals surface area contributed by atoms with Crippen molar-refractivity contribution >= 4 is 21.4 Å². The second-order valence-corrected chi connectivity index (χ2v) is 48.2. The van der Waals surface area contributed by atoms with Gasteiger partial charge in [-0.25, -0.2) is 26.0 Å². The molecular formula is C103H151F4N9O8S. The van der Waals surface area contributed by atoms with Gasteiger partial charge in [0, 0.05) is 49.1 Å². The van der Waals surface area contributed by atoms with Crippen LogP contribution in [-0.2, 0) is 45.6 Å². The first-order valence-corrected chi connectivity index (χ1v) is 51.8. The molecule has 4 N–H and O–H groups in total. The van der Waals surface area contributed by atoms with Crippen LogP contribution in [0, 0.1) is 182 Å². The van der Waals surface area contributed by atoms with Crippen molar-refractivity contribution in [3.8, 4) is 6.07 Å². The van der Waals surface area contributed by atoms with Crippen molar-refractivity contribution in [1.82, 2.24) is 39.1 Å². The highest BCUT2D eigenvalue weighted by Crippen LogP contribution is 2.71. The summed E-state index contributed by atoms with van der Waals surface area (Å²) in [4.78, 5) is 26.8. The fourth-order valence-corrected chi connectivity index (χ4v) is 35.0. The van der Waals surface area contributed by atoms with Gasteiger partial charge in [-0.1, -0.05) is 65.8 Å². The number of hydrogen-bond acceptors (Lipinski definition) is 13. The van der Waals surface area contributed by atoms with Gasteiger partial charge in [-0.2, -0.15) is 25.7 Å². The highest BCUT2D eigenvalue weighted by Gasteiger charge is 2.65. The smallest absolute Gasteiger partial charge is 0.266 e. The molecule has 0 unspecified atom stereocenters. The summed E-state index contributed by atoms with van der Waals surface area (Å²) in [6.45, 7) is 27.1. The van der Waals surface area contributed by atoms with E-state index in [9.17, 15) is 56.0 Å². The quantitative estimate of drug-likeness (QED) is 0.0568. The van der Waals surface area contributed by atoms with Gasteiger partial charge in [0.1, 0.15) is 22.2 Å². The van der Waals surface area contributed by atoms with Crippen LogP contribution in [0.15, 0.2) is 84.8 Å². The number of aryl methyl sites for hydroxylation is 1. The molecule has 4 aromatic rings. The van der Waals surface area contributed by atoms with Gasteiger partial charge in [-0.05, 0) is 414 Å². The molecule has 4 heterocycles. The SMILES string of the molecule is C=C(Cn1cc(S(C)(=O)=O)cn1)[C@H]1CC[C@H]2[C@@H]3CC[C@@H]4C[C@@](O)(C(F)F)CC[C@@H]4[C@H]3CC[C@]12C.C=C(Cn1cccn1)[C@H]1CC[C@H]2[C@@H]3CC[C@H]4C[C@@](O)(CC)CC[C@@H]4[C@H]3CC[C@]12C.CC[C@@]1(O)CC[C@H]2[C@H](CC[C@@H]3[C@@H]2CC[C@]2(C)[C@@H](C(=O)Cn4cc(C#N)cn4)CC[C@@H]32)C1.Cc1cnn(CC(=O)[C@H]2CC[C@H]3[C@@H]4CC[C@@H]5C[C@@](O)(C(F)F)CC[C@@H]5[C@H]4CC[C@]23C)c1. The first kappa shape index (κ1) is 91.5. The number of ketones is 2. The van der Waals surface area contributed by atoms with E-state index in [1.165, 1.54) is 108 Å². The van der Waals surface area contributed by atoms with Crippen molar-refractivity contribution in [2.24, 2.45) is 164 Å². The van der Waals surface area contributed by atoms with E-state index in [4.69, 9.17) is 5.26 Å². The Morgan fingerprint density at radius 3 is 1.14 bits per heavy atom. The molecule has 32 atom stereocenters. The topological polar surface area (TPSA) is 244 Å². The number of fused-ring (bicyclic) bond motifs is 20. The second kappa shape index (κ2) is 35.3. The van der Waals surface area contributed by atoms with Crippen molar-refractivity contribution in [3.63, 3.8) is 0 Å². The molecule has 125 heavy (non-hydrogen) atoms. The average Bonchev–Trinajstić information content (AvgIpc) is 1.64. The van der Waals surface area contributed by atoms with E-state index in [0.717, 1.165) is 193 Å². The van der Waals surface area contributed by atoms with E-state index in [1.807, 2.05) is 30.1 Å². The Bertz CT molecular complexity index is 4680. The van der Waals surface area contributed by atoms with Crippen molar-refractivity contribution < 1.29 is 56.0 Å². The lowest BCUT2D eigenvalue weighted by Crippen LogP contribution is -2.53. The van der Waals surface area contributed by atoms with Crippen LogP contribution < -0.4 is 0 Å². The largest absolute Gasteiger partial charge is 0.390 e. The number of hydrogen-bond donors (Lipinski definition) is 4. The number of aliphatic hydroxyl groups is 4. The highest BCUT2D eigenvalue weighted by molar-refractivity contribution is 7.90. The Morgan fingerprint density at radius 1 is 0.440 bits per heavy atom. The van der Waals surface area contributed by atoms with Crippen molar-refractivity contribution in [3.05, 3.63) is 91.1 Å². The molecule has 16 aliphatic rings. The van der Waals surface area contributed by atoms with Gasteiger partial charge in [0.2, 0.25) is 0 Å². The molecule has 16 aliphatic carbocycles. The van der Waals surface area contributed by atoms with Gasteiger partial charge >= 0.3 is 0 Å². The Morgan fingerprint density at radius 2 is 0.792 bits per heavy atom. The summed E-state index contributed by atoms with van der Waals surface area (Å²) in [6, 6.07) is 4.11. The first-order chi connectivity index (χ1) is 59.4. The molecule has 0 spiro atoms. The first-order valence-electron chi connectivity index (χ1n) is 49.9. The minimum atomic E-state index is -3.27. The molecule has 0 aromatic carbocycles. The van der Waals surface area contributed by atoms with Gasteiger partial charge < -0.3 is 20.4 Å². The summed E-state index contributed by atoms with van der Waals surface area (Å²) in [7, 11) is -3.27. The summed E-state index contributed by atoms with van der Waals surface area (Å²) in [5.41, 5.74) is 0.587. The van der Waals surface area contributed by atoms with Crippen LogP contribution in [0.1, 0.15) is 297 Å². The third kappa shape index (κ3) is 17.2. The maximum atomic E-state index is 13.5. The number of aromatic nitrogens is 8. The number of halogens is 4. The molecule has 4 aromatic heterocycles. The Balaban J connectivity index is 0.000000118. The zero-order valence-electron chi connectivity index (χ0n) is 76.7. The molecule has 17 nitrogen and oxygen atoms in total. The zero-order chi connectivity index (χ0) is 88.5. The maximum Gasteiger partial charge on any atom is 0.266 e. The van der Waals surface area contributed by atoms with Crippen LogP contribution in [-0.4, -0.2) is 121 Å². The molecule has 690 valence electrons. The highest BCUT2D eigenvalue weighted by atomic mass is 32.2. The number of sulfone groups is 1. The number of rotatable bonds is 17. The van der Waals surface area contributed by atoms with Gasteiger partial charge in [-0.3, -0.25) is 28.3 Å². The molecule has 20 rings (SSSR count). The number of alkyl halides is 4. The molecule has 22 heteroatoms. The number of carbonyl (C=O) groups is 2. The third-order valence-electron chi connectivity index (χ3n) is 40.7. The number of nitriles is 1. The monoisotopic (exact) mass is 1750 g/mol. The van der Waals surface area contributed by atoms with Crippen LogP contribution >= 0.6 is 0 Å². The molecule has 0 bridgehead atoms. The van der Waals surface area contributed by atoms with E-state index in [-0.39, 0.29) is 76.1 Å². The molecular weight excluding hydrogens is 1600 g/mol. The summed E-state index contributed by atoms with van der Waals surface area (Å²) in [5, 5.41) is 68.8. The van der Waals surface area contributed by atoms with Gasteiger partial charge in [0.05, 0.1) is 61.5 Å². The van der Waals surface area contributed by atoms with Gasteiger partial charge in [0.25, 0.3) is 12.9 Å². The van der Waals surface area contributed by atoms with Crippen LogP contribution in [0.3, 0.4) is 0 Å². The minimum absolute atomic E-state index is 0.0612. The predicted octanol–water partition coefficient (Wildman–Crippen LogP) is 20.7. The van der Waals surface area contributed by atoms with Gasteiger partial charge in [0.15, 0.2) is 21.4 Å². The van der Waals surface area contributed by atoms with Gasteiger partial charge in [-0.15, -0.1) is 0 Å². The van der Waals surface area contributed by atoms with Crippen molar-refractivity contribution in [2.75, 3.05) is 6.26 Å². The summed E-state index contributed by atoms with van der Waals surface area (Å²) < 4.78 is 84.5. The Kier molecular flexibility index (Phi) is 25.9. The Hall–Kier alpha value is -5.34. The number of nitrogens with zero attached hydrogens (tertiary/aromatic N) is 9. The van der Waals surface area contributed by atoms with E-state index in [0.29, 0.717) is 113 Å². The van der Waals surface area contributed by atoms with Crippen molar-refractivity contribution in [1.29, 1.82) is 5.26 Å². The molecule has 0 amide bonds. The van der Waals surface area contributed by atoms with E-state index >= 15 is 0 Å². The van der Waals surface area contributed by atoms with Crippen LogP contribution in [0.5, 0.6) is 0 Å². The second-order valence-electron chi connectivity index (χ2n) is 46.2. The Labute approximate surface area is 743 Å². The zero-order valence-corrected chi connectivity index (χ0v) is 77.5. The minimum Gasteiger partial charge on any atom is -0.390 e.